The fourth-order valence-corrected chi connectivity index (χ4v) is 1.99. The zero-order chi connectivity index (χ0) is 14.1. The normalized spacial score (nSPS) is 12.2. The molecule has 1 aromatic carbocycles. The van der Waals surface area contributed by atoms with Crippen LogP contribution in [0.15, 0.2) is 30.3 Å². The molecular formula is C15H23NO3. The number of rotatable bonds is 8. The minimum absolute atomic E-state index is 0.0166. The highest BCUT2D eigenvalue weighted by Crippen LogP contribution is 2.10. The van der Waals surface area contributed by atoms with Crippen molar-refractivity contribution in [3.8, 4) is 0 Å². The molecule has 4 nitrogen and oxygen atoms in total. The first-order valence-corrected chi connectivity index (χ1v) is 6.58. The largest absolute Gasteiger partial charge is 0.395 e. The van der Waals surface area contributed by atoms with Crippen molar-refractivity contribution in [1.29, 1.82) is 0 Å². The Labute approximate surface area is 115 Å². The van der Waals surface area contributed by atoms with Crippen molar-refractivity contribution >= 4 is 5.91 Å². The van der Waals surface area contributed by atoms with Crippen LogP contribution in [0.5, 0.6) is 0 Å². The molecule has 0 fully saturated rings. The Bertz CT molecular complexity index is 367. The van der Waals surface area contributed by atoms with Gasteiger partial charge in [-0.05, 0) is 11.5 Å². The molecule has 4 heteroatoms. The molecule has 0 aromatic heterocycles. The van der Waals surface area contributed by atoms with Crippen molar-refractivity contribution in [3.05, 3.63) is 35.9 Å². The summed E-state index contributed by atoms with van der Waals surface area (Å²) >= 11 is 0. The van der Waals surface area contributed by atoms with Crippen molar-refractivity contribution < 1.29 is 14.6 Å². The summed E-state index contributed by atoms with van der Waals surface area (Å²) in [5.41, 5.74) is 1.07. The number of hydrogen-bond acceptors (Lipinski definition) is 3. The summed E-state index contributed by atoms with van der Waals surface area (Å²) in [6.45, 7) is 3.45. The summed E-state index contributed by atoms with van der Waals surface area (Å²) in [5, 5.41) is 9.08. The van der Waals surface area contributed by atoms with Crippen LogP contribution in [0.2, 0.25) is 0 Å². The van der Waals surface area contributed by atoms with E-state index >= 15 is 0 Å². The van der Waals surface area contributed by atoms with Crippen LogP contribution in [0, 0.1) is 5.92 Å². The molecule has 0 aliphatic carbocycles. The average molecular weight is 265 g/mol. The molecule has 0 bridgehead atoms. The topological polar surface area (TPSA) is 49.8 Å². The SMILES string of the molecule is COCC(C)CC(=O)N(CCO)Cc1ccccc1. The van der Waals surface area contributed by atoms with E-state index in [2.05, 4.69) is 0 Å². The molecule has 0 aliphatic rings. The lowest BCUT2D eigenvalue weighted by Crippen LogP contribution is -2.34. The fourth-order valence-electron chi connectivity index (χ4n) is 1.99. The fraction of sp³-hybridized carbons (Fsp3) is 0.533. The molecule has 0 heterocycles. The third kappa shape index (κ3) is 5.85. The van der Waals surface area contributed by atoms with Crippen molar-refractivity contribution in [2.75, 3.05) is 26.9 Å². The molecule has 1 unspecified atom stereocenters. The van der Waals surface area contributed by atoms with Crippen LogP contribution < -0.4 is 0 Å². The third-order valence-corrected chi connectivity index (χ3v) is 2.91. The lowest BCUT2D eigenvalue weighted by molar-refractivity contribution is -0.133. The van der Waals surface area contributed by atoms with Crippen molar-refractivity contribution in [3.63, 3.8) is 0 Å². The standard InChI is InChI=1S/C15H23NO3/c1-13(12-19-2)10-15(18)16(8-9-17)11-14-6-4-3-5-7-14/h3-7,13,17H,8-12H2,1-2H3. The van der Waals surface area contributed by atoms with Gasteiger partial charge in [-0.2, -0.15) is 0 Å². The summed E-state index contributed by atoms with van der Waals surface area (Å²) in [7, 11) is 1.64. The van der Waals surface area contributed by atoms with Crippen LogP contribution in [-0.4, -0.2) is 42.8 Å². The lowest BCUT2D eigenvalue weighted by Gasteiger charge is -2.23. The number of carbonyl (C=O) groups is 1. The highest BCUT2D eigenvalue weighted by Gasteiger charge is 2.16. The van der Waals surface area contributed by atoms with Gasteiger partial charge in [0, 0.05) is 33.2 Å². The Kier molecular flexibility index (Phi) is 7.15. The first kappa shape index (κ1) is 15.7. The molecule has 1 amide bonds. The lowest BCUT2D eigenvalue weighted by atomic mass is 10.1. The van der Waals surface area contributed by atoms with Gasteiger partial charge in [0.15, 0.2) is 0 Å². The highest BCUT2D eigenvalue weighted by molar-refractivity contribution is 5.76. The summed E-state index contributed by atoms with van der Waals surface area (Å²) in [6.07, 6.45) is 0.445. The maximum absolute atomic E-state index is 12.2. The number of nitrogens with zero attached hydrogens (tertiary/aromatic N) is 1. The van der Waals surface area contributed by atoms with E-state index in [9.17, 15) is 4.79 Å². The second kappa shape index (κ2) is 8.67. The number of carbonyl (C=O) groups excluding carboxylic acids is 1. The van der Waals surface area contributed by atoms with E-state index in [1.807, 2.05) is 37.3 Å². The number of aliphatic hydroxyl groups is 1. The van der Waals surface area contributed by atoms with Gasteiger partial charge in [-0.1, -0.05) is 37.3 Å². The van der Waals surface area contributed by atoms with Crippen LogP contribution in [0.4, 0.5) is 0 Å². The van der Waals surface area contributed by atoms with Gasteiger partial charge >= 0.3 is 0 Å². The Morgan fingerprint density at radius 3 is 2.63 bits per heavy atom. The van der Waals surface area contributed by atoms with E-state index in [-0.39, 0.29) is 18.4 Å². The Morgan fingerprint density at radius 2 is 2.05 bits per heavy atom. The van der Waals surface area contributed by atoms with Gasteiger partial charge in [-0.25, -0.2) is 0 Å². The Morgan fingerprint density at radius 1 is 1.37 bits per heavy atom. The number of hydrogen-bond donors (Lipinski definition) is 1. The molecule has 0 saturated heterocycles. The molecule has 1 rings (SSSR count). The monoisotopic (exact) mass is 265 g/mol. The van der Waals surface area contributed by atoms with Crippen LogP contribution in [0.25, 0.3) is 0 Å². The summed E-state index contributed by atoms with van der Waals surface area (Å²) in [5.74, 6) is 0.247. The van der Waals surface area contributed by atoms with Gasteiger partial charge in [-0.3, -0.25) is 4.79 Å². The first-order chi connectivity index (χ1) is 9.17. The maximum Gasteiger partial charge on any atom is 0.223 e. The maximum atomic E-state index is 12.2. The predicted molar refractivity (Wildman–Crippen MR) is 74.6 cm³/mol. The smallest absolute Gasteiger partial charge is 0.223 e. The van der Waals surface area contributed by atoms with E-state index in [1.54, 1.807) is 12.0 Å². The zero-order valence-electron chi connectivity index (χ0n) is 11.7. The summed E-state index contributed by atoms with van der Waals surface area (Å²) in [6, 6.07) is 9.81. The molecular weight excluding hydrogens is 242 g/mol. The molecule has 0 spiro atoms. The van der Waals surface area contributed by atoms with Gasteiger partial charge in [-0.15, -0.1) is 0 Å². The molecule has 106 valence electrons. The Balaban J connectivity index is 2.58. The second-order valence-electron chi connectivity index (χ2n) is 4.79. The minimum Gasteiger partial charge on any atom is -0.395 e. The summed E-state index contributed by atoms with van der Waals surface area (Å²) in [4.78, 5) is 13.9. The molecule has 19 heavy (non-hydrogen) atoms. The van der Waals surface area contributed by atoms with E-state index in [0.717, 1.165) is 5.56 Å². The van der Waals surface area contributed by atoms with Gasteiger partial charge in [0.1, 0.15) is 0 Å². The molecule has 0 radical (unpaired) electrons. The average Bonchev–Trinajstić information content (AvgIpc) is 2.39. The van der Waals surface area contributed by atoms with Gasteiger partial charge in [0.2, 0.25) is 5.91 Å². The van der Waals surface area contributed by atoms with Gasteiger partial charge in [0.05, 0.1) is 6.61 Å². The van der Waals surface area contributed by atoms with Crippen molar-refractivity contribution in [2.45, 2.75) is 19.9 Å². The quantitative estimate of drug-likeness (QED) is 0.778. The number of benzene rings is 1. The van der Waals surface area contributed by atoms with Crippen LogP contribution >= 0.6 is 0 Å². The number of amides is 1. The van der Waals surface area contributed by atoms with Crippen LogP contribution in [0.3, 0.4) is 0 Å². The molecule has 0 saturated carbocycles. The van der Waals surface area contributed by atoms with E-state index in [1.165, 1.54) is 0 Å². The van der Waals surface area contributed by atoms with Gasteiger partial charge < -0.3 is 14.7 Å². The number of methoxy groups -OCH3 is 1. The molecule has 1 aromatic rings. The first-order valence-electron chi connectivity index (χ1n) is 6.58. The van der Waals surface area contributed by atoms with Crippen molar-refractivity contribution in [2.24, 2.45) is 5.92 Å². The summed E-state index contributed by atoms with van der Waals surface area (Å²) < 4.78 is 5.04. The van der Waals surface area contributed by atoms with E-state index in [4.69, 9.17) is 9.84 Å². The zero-order valence-corrected chi connectivity index (χ0v) is 11.7. The third-order valence-electron chi connectivity index (χ3n) is 2.91. The number of ether oxygens (including phenoxy) is 1. The molecule has 1 atom stereocenters. The van der Waals surface area contributed by atoms with Crippen molar-refractivity contribution in [1.82, 2.24) is 4.90 Å². The second-order valence-corrected chi connectivity index (χ2v) is 4.79. The molecule has 0 aliphatic heterocycles. The van der Waals surface area contributed by atoms with Crippen LogP contribution in [0.1, 0.15) is 18.9 Å². The number of aliphatic hydroxyl groups excluding tert-OH is 1. The predicted octanol–water partition coefficient (Wildman–Crippen LogP) is 1.68. The molecule has 1 N–H and O–H groups in total. The van der Waals surface area contributed by atoms with Gasteiger partial charge in [0.25, 0.3) is 0 Å². The minimum atomic E-state index is -0.0166. The van der Waals surface area contributed by atoms with E-state index < -0.39 is 0 Å². The highest BCUT2D eigenvalue weighted by atomic mass is 16.5. The Hall–Kier alpha value is -1.39. The van der Waals surface area contributed by atoms with E-state index in [0.29, 0.717) is 26.1 Å². The van der Waals surface area contributed by atoms with Crippen LogP contribution in [-0.2, 0) is 16.1 Å².